The Bertz CT molecular complexity index is 824. The minimum atomic E-state index is -0.109. The molecule has 1 fully saturated rings. The van der Waals surface area contributed by atoms with Gasteiger partial charge in [-0.15, -0.1) is 0 Å². The van der Waals surface area contributed by atoms with Crippen molar-refractivity contribution in [3.63, 3.8) is 0 Å². The number of aryl methyl sites for hydroxylation is 1. The van der Waals surface area contributed by atoms with Gasteiger partial charge >= 0.3 is 6.03 Å². The number of benzene rings is 1. The predicted octanol–water partition coefficient (Wildman–Crippen LogP) is 2.09. The molecule has 2 N–H and O–H groups in total. The number of fused-ring (bicyclic) bond motifs is 1. The summed E-state index contributed by atoms with van der Waals surface area (Å²) in [6, 6.07) is 7.77. The van der Waals surface area contributed by atoms with Gasteiger partial charge in [0.05, 0.1) is 11.0 Å². The molecule has 7 nitrogen and oxygen atoms in total. The number of nitrogens with one attached hydrogen (secondary N) is 2. The molecular formula is C19H27N5O2. The highest BCUT2D eigenvalue weighted by molar-refractivity contribution is 5.76. The topological polar surface area (TPSA) is 79.3 Å². The number of carbonyl (C=O) groups excluding carboxylic acids is 1. The number of hydrogen-bond donors (Lipinski definition) is 2. The van der Waals surface area contributed by atoms with Crippen molar-refractivity contribution in [2.75, 3.05) is 24.5 Å². The molecule has 1 saturated heterocycles. The van der Waals surface area contributed by atoms with Crippen molar-refractivity contribution in [1.29, 1.82) is 0 Å². The van der Waals surface area contributed by atoms with E-state index in [-0.39, 0.29) is 17.6 Å². The molecule has 0 spiro atoms. The number of piperidine rings is 1. The molecule has 1 aromatic heterocycles. The van der Waals surface area contributed by atoms with Crippen molar-refractivity contribution in [3.8, 4) is 0 Å². The zero-order valence-electron chi connectivity index (χ0n) is 15.5. The lowest BCUT2D eigenvalue weighted by molar-refractivity contribution is 0.234. The zero-order valence-corrected chi connectivity index (χ0v) is 15.5. The quantitative estimate of drug-likeness (QED) is 0.859. The third-order valence-electron chi connectivity index (χ3n) is 4.82. The second-order valence-electron chi connectivity index (χ2n) is 6.64. The van der Waals surface area contributed by atoms with Crippen molar-refractivity contribution >= 4 is 22.9 Å². The maximum Gasteiger partial charge on any atom is 0.315 e. The molecule has 1 aliphatic heterocycles. The van der Waals surface area contributed by atoms with Gasteiger partial charge in [-0.25, -0.2) is 9.78 Å². The van der Waals surface area contributed by atoms with E-state index in [1.807, 2.05) is 43.0 Å². The van der Waals surface area contributed by atoms with Gasteiger partial charge in [0.1, 0.15) is 0 Å². The molecule has 0 bridgehead atoms. The lowest BCUT2D eigenvalue weighted by atomic mass is 10.1. The Morgan fingerprint density at radius 1 is 1.23 bits per heavy atom. The van der Waals surface area contributed by atoms with Gasteiger partial charge in [0, 0.05) is 32.2 Å². The normalized spacial score (nSPS) is 15.2. The molecule has 1 aliphatic rings. The Labute approximate surface area is 153 Å². The van der Waals surface area contributed by atoms with Crippen LogP contribution in [0.3, 0.4) is 0 Å². The summed E-state index contributed by atoms with van der Waals surface area (Å²) in [4.78, 5) is 31.3. The van der Waals surface area contributed by atoms with Crippen LogP contribution in [-0.4, -0.2) is 41.3 Å². The Balaban J connectivity index is 1.73. The van der Waals surface area contributed by atoms with Crippen molar-refractivity contribution < 1.29 is 4.79 Å². The van der Waals surface area contributed by atoms with E-state index in [1.54, 1.807) is 4.57 Å². The first kappa shape index (κ1) is 18.2. The largest absolute Gasteiger partial charge is 0.352 e. The molecule has 26 heavy (non-hydrogen) atoms. The average Bonchev–Trinajstić information content (AvgIpc) is 2.66. The van der Waals surface area contributed by atoms with Gasteiger partial charge in [0.15, 0.2) is 5.82 Å². The van der Waals surface area contributed by atoms with Crippen LogP contribution < -0.4 is 21.1 Å². The van der Waals surface area contributed by atoms with Crippen LogP contribution in [0, 0.1) is 0 Å². The number of nitrogens with zero attached hydrogens (tertiary/aromatic N) is 3. The summed E-state index contributed by atoms with van der Waals surface area (Å²) >= 11 is 0. The van der Waals surface area contributed by atoms with E-state index >= 15 is 0 Å². The molecule has 3 rings (SSSR count). The number of aromatic nitrogens is 2. The van der Waals surface area contributed by atoms with E-state index in [0.29, 0.717) is 32.0 Å². The summed E-state index contributed by atoms with van der Waals surface area (Å²) in [5.74, 6) is 0.513. The van der Waals surface area contributed by atoms with E-state index in [9.17, 15) is 9.59 Å². The van der Waals surface area contributed by atoms with Crippen LogP contribution in [0.1, 0.15) is 33.1 Å². The van der Waals surface area contributed by atoms with E-state index in [0.717, 1.165) is 30.3 Å². The number of rotatable bonds is 5. The fourth-order valence-corrected chi connectivity index (χ4v) is 3.41. The van der Waals surface area contributed by atoms with Crippen LogP contribution in [0.5, 0.6) is 0 Å². The van der Waals surface area contributed by atoms with Gasteiger partial charge in [-0.2, -0.15) is 0 Å². The first-order valence-electron chi connectivity index (χ1n) is 9.43. The summed E-state index contributed by atoms with van der Waals surface area (Å²) in [6.45, 7) is 6.72. The third kappa shape index (κ3) is 3.81. The van der Waals surface area contributed by atoms with Crippen molar-refractivity contribution in [2.45, 2.75) is 45.7 Å². The number of hydrogen-bond acceptors (Lipinski definition) is 4. The van der Waals surface area contributed by atoms with E-state index in [4.69, 9.17) is 0 Å². The molecule has 0 atom stereocenters. The molecular weight excluding hydrogens is 330 g/mol. The molecule has 0 saturated carbocycles. The van der Waals surface area contributed by atoms with Crippen LogP contribution in [0.25, 0.3) is 11.0 Å². The number of para-hydroxylation sites is 2. The van der Waals surface area contributed by atoms with Gasteiger partial charge in [-0.05, 0) is 38.3 Å². The standard InChI is InChI=1S/C19H27N5O2/c1-3-11-20-19(26)21-14-9-12-23(13-10-14)17-18(25)24(4-2)16-8-6-5-7-15(16)22-17/h5-8,14H,3-4,9-13H2,1-2H3,(H2,20,21,26). The van der Waals surface area contributed by atoms with Crippen LogP contribution in [0.15, 0.2) is 29.1 Å². The van der Waals surface area contributed by atoms with E-state index in [2.05, 4.69) is 15.6 Å². The second-order valence-corrected chi connectivity index (χ2v) is 6.64. The SMILES string of the molecule is CCCNC(=O)NC1CCN(c2nc3ccccc3n(CC)c2=O)CC1. The zero-order chi connectivity index (χ0) is 18.5. The summed E-state index contributed by atoms with van der Waals surface area (Å²) in [5.41, 5.74) is 1.66. The van der Waals surface area contributed by atoms with Crippen LogP contribution >= 0.6 is 0 Å². The Morgan fingerprint density at radius 2 is 1.96 bits per heavy atom. The van der Waals surface area contributed by atoms with E-state index in [1.165, 1.54) is 0 Å². The second kappa shape index (κ2) is 8.21. The highest BCUT2D eigenvalue weighted by Gasteiger charge is 2.24. The first-order valence-corrected chi connectivity index (χ1v) is 9.43. The summed E-state index contributed by atoms with van der Waals surface area (Å²) in [6.07, 6.45) is 2.53. The van der Waals surface area contributed by atoms with Gasteiger partial charge in [0.2, 0.25) is 0 Å². The van der Waals surface area contributed by atoms with Gasteiger partial charge in [0.25, 0.3) is 5.56 Å². The predicted molar refractivity (Wildman–Crippen MR) is 104 cm³/mol. The fraction of sp³-hybridized carbons (Fsp3) is 0.526. The highest BCUT2D eigenvalue weighted by atomic mass is 16.2. The van der Waals surface area contributed by atoms with Crippen molar-refractivity contribution in [1.82, 2.24) is 20.2 Å². The van der Waals surface area contributed by atoms with Crippen molar-refractivity contribution in [2.24, 2.45) is 0 Å². The first-order chi connectivity index (χ1) is 12.6. The van der Waals surface area contributed by atoms with E-state index < -0.39 is 0 Å². The molecule has 0 radical (unpaired) electrons. The molecule has 2 amide bonds. The number of urea groups is 1. The molecule has 140 valence electrons. The van der Waals surface area contributed by atoms with Gasteiger partial charge in [-0.3, -0.25) is 4.79 Å². The molecule has 0 unspecified atom stereocenters. The lowest BCUT2D eigenvalue weighted by Crippen LogP contribution is -2.49. The van der Waals surface area contributed by atoms with Crippen molar-refractivity contribution in [3.05, 3.63) is 34.6 Å². The summed E-state index contributed by atoms with van der Waals surface area (Å²) in [7, 11) is 0. The lowest BCUT2D eigenvalue weighted by Gasteiger charge is -2.33. The smallest absolute Gasteiger partial charge is 0.315 e. The van der Waals surface area contributed by atoms with Crippen LogP contribution in [0.4, 0.5) is 10.6 Å². The monoisotopic (exact) mass is 357 g/mol. The molecule has 7 heteroatoms. The van der Waals surface area contributed by atoms with Crippen LogP contribution in [-0.2, 0) is 6.54 Å². The number of carbonyl (C=O) groups is 1. The Kier molecular flexibility index (Phi) is 5.75. The minimum absolute atomic E-state index is 0.0432. The molecule has 2 heterocycles. The number of amides is 2. The highest BCUT2D eigenvalue weighted by Crippen LogP contribution is 2.18. The Hall–Kier alpha value is -2.57. The number of anilines is 1. The third-order valence-corrected chi connectivity index (χ3v) is 4.82. The fourth-order valence-electron chi connectivity index (χ4n) is 3.41. The van der Waals surface area contributed by atoms with Gasteiger partial charge < -0.3 is 20.1 Å². The maximum atomic E-state index is 12.9. The minimum Gasteiger partial charge on any atom is -0.352 e. The van der Waals surface area contributed by atoms with Crippen LogP contribution in [0.2, 0.25) is 0 Å². The molecule has 0 aliphatic carbocycles. The summed E-state index contributed by atoms with van der Waals surface area (Å²) < 4.78 is 1.78. The maximum absolute atomic E-state index is 12.9. The molecule has 2 aromatic rings. The Morgan fingerprint density at radius 3 is 2.65 bits per heavy atom. The molecule has 1 aromatic carbocycles. The average molecular weight is 357 g/mol. The van der Waals surface area contributed by atoms with Gasteiger partial charge in [-0.1, -0.05) is 19.1 Å². The summed E-state index contributed by atoms with van der Waals surface area (Å²) in [5, 5.41) is 5.85.